The molecule has 98 valence electrons. The van der Waals surface area contributed by atoms with Crippen LogP contribution in [0.5, 0.6) is 0 Å². The van der Waals surface area contributed by atoms with E-state index < -0.39 is 18.0 Å². The molecule has 0 aliphatic rings. The van der Waals surface area contributed by atoms with Crippen molar-refractivity contribution in [3.63, 3.8) is 0 Å². The zero-order valence-electron chi connectivity index (χ0n) is 10.4. The van der Waals surface area contributed by atoms with Crippen molar-refractivity contribution in [1.29, 1.82) is 0 Å². The first-order valence-corrected chi connectivity index (χ1v) is 5.47. The topological polar surface area (TPSA) is 92.7 Å². The number of hydrogen-bond donors (Lipinski definition) is 2. The number of amides is 1. The molecule has 0 aromatic heterocycles. The van der Waals surface area contributed by atoms with Crippen LogP contribution in [0.4, 0.5) is 0 Å². The first-order chi connectivity index (χ1) is 7.88. The van der Waals surface area contributed by atoms with E-state index in [1.807, 2.05) is 0 Å². The molecule has 0 fully saturated rings. The molecule has 0 saturated carbocycles. The van der Waals surface area contributed by atoms with Gasteiger partial charge in [-0.15, -0.1) is 0 Å². The fourth-order valence-electron chi connectivity index (χ4n) is 1.27. The Morgan fingerprint density at radius 3 is 2.24 bits per heavy atom. The lowest BCUT2D eigenvalue weighted by Crippen LogP contribution is -2.44. The van der Waals surface area contributed by atoms with Crippen molar-refractivity contribution in [2.24, 2.45) is 5.92 Å². The van der Waals surface area contributed by atoms with Gasteiger partial charge >= 0.3 is 11.9 Å². The van der Waals surface area contributed by atoms with Gasteiger partial charge in [0.25, 0.3) is 0 Å². The van der Waals surface area contributed by atoms with E-state index in [-0.39, 0.29) is 31.1 Å². The molecule has 0 bridgehead atoms. The molecule has 0 aliphatic carbocycles. The number of rotatable bonds is 7. The second-order valence-corrected chi connectivity index (χ2v) is 4.06. The third-order valence-corrected chi connectivity index (χ3v) is 2.23. The lowest BCUT2D eigenvalue weighted by atomic mass is 10.0. The number of esters is 1. The quantitative estimate of drug-likeness (QED) is 0.639. The maximum absolute atomic E-state index is 11.4. The summed E-state index contributed by atoms with van der Waals surface area (Å²) in [5.74, 6) is -1.85. The molecule has 6 nitrogen and oxygen atoms in total. The van der Waals surface area contributed by atoms with Gasteiger partial charge in [0, 0.05) is 12.8 Å². The van der Waals surface area contributed by atoms with E-state index in [9.17, 15) is 14.4 Å². The minimum absolute atomic E-state index is 0.0576. The third-order valence-electron chi connectivity index (χ3n) is 2.23. The molecule has 0 rings (SSSR count). The fourth-order valence-corrected chi connectivity index (χ4v) is 1.27. The van der Waals surface area contributed by atoms with Crippen LogP contribution in [-0.2, 0) is 19.1 Å². The van der Waals surface area contributed by atoms with Crippen molar-refractivity contribution in [1.82, 2.24) is 5.32 Å². The Morgan fingerprint density at radius 2 is 1.82 bits per heavy atom. The minimum atomic E-state index is -0.939. The molecule has 0 heterocycles. The van der Waals surface area contributed by atoms with Crippen molar-refractivity contribution < 1.29 is 24.2 Å². The van der Waals surface area contributed by atoms with E-state index in [4.69, 9.17) is 5.11 Å². The Bertz CT molecular complexity index is 288. The molecule has 1 amide bonds. The zero-order valence-corrected chi connectivity index (χ0v) is 10.4. The highest BCUT2D eigenvalue weighted by Crippen LogP contribution is 2.05. The van der Waals surface area contributed by atoms with Gasteiger partial charge in [-0.25, -0.2) is 4.79 Å². The molecular weight excluding hydrogens is 226 g/mol. The molecule has 0 aromatic carbocycles. The van der Waals surface area contributed by atoms with E-state index in [1.165, 1.54) is 7.11 Å². The molecular formula is C11H19NO5. The van der Waals surface area contributed by atoms with Crippen molar-refractivity contribution >= 4 is 17.8 Å². The van der Waals surface area contributed by atoms with Crippen molar-refractivity contribution in [3.05, 3.63) is 0 Å². The summed E-state index contributed by atoms with van der Waals surface area (Å²) in [6, 6.07) is -0.683. The fraction of sp³-hybridized carbons (Fsp3) is 0.727. The van der Waals surface area contributed by atoms with Crippen molar-refractivity contribution in [2.75, 3.05) is 7.11 Å². The standard InChI is InChI=1S/C11H19NO5/c1-7(2)10(11(16)17-3)12-8(13)5-4-6-9(14)15/h7,10H,4-6H2,1-3H3,(H,12,13)(H,14,15)/t10-/m0/s1. The monoisotopic (exact) mass is 245 g/mol. The number of carboxylic acid groups (broad SMARTS) is 1. The van der Waals surface area contributed by atoms with Gasteiger partial charge < -0.3 is 15.2 Å². The average Bonchev–Trinajstić information content (AvgIpc) is 2.24. The SMILES string of the molecule is COC(=O)[C@@H](NC(=O)CCCC(=O)O)C(C)C. The minimum Gasteiger partial charge on any atom is -0.481 e. The molecule has 0 aromatic rings. The van der Waals surface area contributed by atoms with Gasteiger partial charge in [0.15, 0.2) is 0 Å². The largest absolute Gasteiger partial charge is 0.481 e. The van der Waals surface area contributed by atoms with Crippen molar-refractivity contribution in [3.8, 4) is 0 Å². The van der Waals surface area contributed by atoms with Crippen LogP contribution in [0, 0.1) is 5.92 Å². The van der Waals surface area contributed by atoms with Crippen LogP contribution in [0.2, 0.25) is 0 Å². The van der Waals surface area contributed by atoms with Crippen LogP contribution < -0.4 is 5.32 Å². The Hall–Kier alpha value is -1.59. The number of nitrogens with one attached hydrogen (secondary N) is 1. The van der Waals surface area contributed by atoms with Crippen LogP contribution in [0.1, 0.15) is 33.1 Å². The van der Waals surface area contributed by atoms with Gasteiger partial charge in [-0.2, -0.15) is 0 Å². The predicted molar refractivity (Wildman–Crippen MR) is 60.3 cm³/mol. The van der Waals surface area contributed by atoms with Gasteiger partial charge in [-0.3, -0.25) is 9.59 Å². The maximum atomic E-state index is 11.4. The van der Waals surface area contributed by atoms with Crippen LogP contribution in [-0.4, -0.2) is 36.1 Å². The van der Waals surface area contributed by atoms with Crippen molar-refractivity contribution in [2.45, 2.75) is 39.2 Å². The molecule has 1 atom stereocenters. The number of carbonyl (C=O) groups is 3. The van der Waals surface area contributed by atoms with E-state index in [2.05, 4.69) is 10.1 Å². The van der Waals surface area contributed by atoms with E-state index in [0.29, 0.717) is 0 Å². The molecule has 2 N–H and O–H groups in total. The van der Waals surface area contributed by atoms with E-state index in [1.54, 1.807) is 13.8 Å². The maximum Gasteiger partial charge on any atom is 0.328 e. The Balaban J connectivity index is 4.13. The molecule has 6 heteroatoms. The number of methoxy groups -OCH3 is 1. The smallest absolute Gasteiger partial charge is 0.328 e. The third kappa shape index (κ3) is 6.55. The van der Waals surface area contributed by atoms with Crippen LogP contribution in [0.25, 0.3) is 0 Å². The Kier molecular flexibility index (Phi) is 6.93. The summed E-state index contributed by atoms with van der Waals surface area (Å²) in [4.78, 5) is 33.0. The Labute approximate surface area is 100 Å². The van der Waals surface area contributed by atoms with Crippen LogP contribution in [0.15, 0.2) is 0 Å². The molecule has 0 radical (unpaired) electrons. The molecule has 0 aliphatic heterocycles. The predicted octanol–water partition coefficient (Wildman–Crippen LogP) is 0.555. The van der Waals surface area contributed by atoms with Gasteiger partial charge in [0.2, 0.25) is 5.91 Å². The number of aliphatic carboxylic acids is 1. The van der Waals surface area contributed by atoms with Crippen LogP contribution >= 0.6 is 0 Å². The number of ether oxygens (including phenoxy) is 1. The number of hydrogen-bond acceptors (Lipinski definition) is 4. The second kappa shape index (κ2) is 7.65. The normalized spacial score (nSPS) is 12.0. The lowest BCUT2D eigenvalue weighted by molar-refractivity contribution is -0.146. The molecule has 17 heavy (non-hydrogen) atoms. The Morgan fingerprint density at radius 1 is 1.24 bits per heavy atom. The highest BCUT2D eigenvalue weighted by atomic mass is 16.5. The van der Waals surface area contributed by atoms with Gasteiger partial charge in [0.1, 0.15) is 6.04 Å². The lowest BCUT2D eigenvalue weighted by Gasteiger charge is -2.19. The summed E-state index contributed by atoms with van der Waals surface area (Å²) in [6.07, 6.45) is 0.289. The van der Waals surface area contributed by atoms with Gasteiger partial charge in [0.05, 0.1) is 7.11 Å². The molecule has 0 spiro atoms. The average molecular weight is 245 g/mol. The highest BCUT2D eigenvalue weighted by Gasteiger charge is 2.24. The zero-order chi connectivity index (χ0) is 13.4. The summed E-state index contributed by atoms with van der Waals surface area (Å²) in [5.41, 5.74) is 0. The first-order valence-electron chi connectivity index (χ1n) is 5.47. The summed E-state index contributed by atoms with van der Waals surface area (Å²) in [7, 11) is 1.26. The van der Waals surface area contributed by atoms with Gasteiger partial charge in [-0.1, -0.05) is 13.8 Å². The summed E-state index contributed by atoms with van der Waals surface area (Å²) < 4.78 is 4.57. The highest BCUT2D eigenvalue weighted by molar-refractivity contribution is 5.84. The molecule has 0 unspecified atom stereocenters. The summed E-state index contributed by atoms with van der Waals surface area (Å²) >= 11 is 0. The number of carboxylic acids is 1. The summed E-state index contributed by atoms with van der Waals surface area (Å²) in [6.45, 7) is 3.58. The second-order valence-electron chi connectivity index (χ2n) is 4.06. The molecule has 0 saturated heterocycles. The van der Waals surface area contributed by atoms with Crippen LogP contribution in [0.3, 0.4) is 0 Å². The van der Waals surface area contributed by atoms with E-state index in [0.717, 1.165) is 0 Å². The van der Waals surface area contributed by atoms with Gasteiger partial charge in [-0.05, 0) is 12.3 Å². The first kappa shape index (κ1) is 15.4. The number of carbonyl (C=O) groups excluding carboxylic acids is 2. The van der Waals surface area contributed by atoms with E-state index >= 15 is 0 Å². The summed E-state index contributed by atoms with van der Waals surface area (Å²) in [5, 5.41) is 11.0.